The zero-order valence-electron chi connectivity index (χ0n) is 10.4. The van der Waals surface area contributed by atoms with E-state index in [1.807, 2.05) is 0 Å². The first-order valence-corrected chi connectivity index (χ1v) is 6.20. The maximum Gasteiger partial charge on any atom is 0.407 e. The van der Waals surface area contributed by atoms with Crippen LogP contribution in [0.1, 0.15) is 12.0 Å². The molecule has 1 amide bonds. The third-order valence-corrected chi connectivity index (χ3v) is 3.70. The molecule has 19 heavy (non-hydrogen) atoms. The number of amides is 1. The fraction of sp³-hybridized carbons (Fsp3) is 0.385. The Bertz CT molecular complexity index is 502. The minimum absolute atomic E-state index is 0.161. The minimum Gasteiger partial charge on any atom is -0.465 e. The molecule has 2 rings (SSSR count). The van der Waals surface area contributed by atoms with Gasteiger partial charge in [-0.05, 0) is 17.7 Å². The molecule has 0 aromatic heterocycles. The van der Waals surface area contributed by atoms with Crippen LogP contribution in [0.2, 0.25) is 5.02 Å². The summed E-state index contributed by atoms with van der Waals surface area (Å²) >= 11 is 5.83. The number of rotatable bonds is 2. The summed E-state index contributed by atoms with van der Waals surface area (Å²) in [7, 11) is 1.46. The molecule has 6 heteroatoms. The van der Waals surface area contributed by atoms with Gasteiger partial charge in [-0.3, -0.25) is 4.79 Å². The molecule has 1 atom stereocenters. The molecule has 0 saturated carbocycles. The molecule has 1 aliphatic heterocycles. The first kappa shape index (κ1) is 13.8. The molecule has 1 aromatic carbocycles. The lowest BCUT2D eigenvalue weighted by atomic mass is 9.83. The van der Waals surface area contributed by atoms with E-state index in [0.29, 0.717) is 17.0 Å². The summed E-state index contributed by atoms with van der Waals surface area (Å²) in [6.45, 7) is 0.101. The van der Waals surface area contributed by atoms with Crippen molar-refractivity contribution in [3.63, 3.8) is 0 Å². The number of methoxy groups -OCH3 is 1. The van der Waals surface area contributed by atoms with Crippen molar-refractivity contribution in [2.45, 2.75) is 12.0 Å². The number of likely N-dealkylation sites (tertiary alicyclic amines) is 1. The molecule has 1 heterocycles. The number of carboxylic acid groups (broad SMARTS) is 1. The Morgan fingerprint density at radius 2 is 2.05 bits per heavy atom. The van der Waals surface area contributed by atoms with Gasteiger partial charge in [0.25, 0.3) is 0 Å². The van der Waals surface area contributed by atoms with Crippen molar-refractivity contribution in [2.24, 2.45) is 0 Å². The summed E-state index contributed by atoms with van der Waals surface area (Å²) in [5.74, 6) is -0.258. The number of hydrogen-bond donors (Lipinski definition) is 1. The van der Waals surface area contributed by atoms with E-state index in [4.69, 9.17) is 21.4 Å². The summed E-state index contributed by atoms with van der Waals surface area (Å²) < 4.78 is 5.43. The quantitative estimate of drug-likeness (QED) is 0.903. The average Bonchev–Trinajstić information content (AvgIpc) is 2.40. The molecule has 1 unspecified atom stereocenters. The van der Waals surface area contributed by atoms with E-state index < -0.39 is 11.7 Å². The summed E-state index contributed by atoms with van der Waals surface area (Å²) in [4.78, 5) is 24.3. The fourth-order valence-electron chi connectivity index (χ4n) is 2.33. The van der Waals surface area contributed by atoms with Gasteiger partial charge in [0, 0.05) is 25.1 Å². The molecule has 1 saturated heterocycles. The molecular weight excluding hydrogens is 270 g/mol. The standard InChI is InChI=1S/C13H14ClNO4/c1-19-13(9-2-4-10(14)5-3-9)6-7-15(12(17)18)8-11(13)16/h2-5H,6-8H2,1H3,(H,17,18). The normalized spacial score (nSPS) is 23.5. The summed E-state index contributed by atoms with van der Waals surface area (Å²) in [6.07, 6.45) is -0.787. The molecule has 102 valence electrons. The van der Waals surface area contributed by atoms with Crippen LogP contribution >= 0.6 is 11.6 Å². The second-order valence-corrected chi connectivity index (χ2v) is 4.85. The zero-order chi connectivity index (χ0) is 14.0. The average molecular weight is 284 g/mol. The Kier molecular flexibility index (Phi) is 3.78. The van der Waals surface area contributed by atoms with Crippen LogP contribution < -0.4 is 0 Å². The Hall–Kier alpha value is -1.59. The van der Waals surface area contributed by atoms with Crippen molar-refractivity contribution in [3.8, 4) is 0 Å². The van der Waals surface area contributed by atoms with Gasteiger partial charge in [-0.25, -0.2) is 4.79 Å². The maximum absolute atomic E-state index is 12.3. The highest BCUT2D eigenvalue weighted by Gasteiger charge is 2.45. The van der Waals surface area contributed by atoms with E-state index in [9.17, 15) is 9.59 Å². The monoisotopic (exact) mass is 283 g/mol. The topological polar surface area (TPSA) is 66.8 Å². The molecule has 0 bridgehead atoms. The van der Waals surface area contributed by atoms with Crippen molar-refractivity contribution < 1.29 is 19.4 Å². The first-order chi connectivity index (χ1) is 8.99. The number of ketones is 1. The van der Waals surface area contributed by atoms with Crippen molar-refractivity contribution in [3.05, 3.63) is 34.9 Å². The molecule has 5 nitrogen and oxygen atoms in total. The van der Waals surface area contributed by atoms with E-state index in [2.05, 4.69) is 0 Å². The van der Waals surface area contributed by atoms with Crippen LogP contribution in [0.5, 0.6) is 0 Å². The van der Waals surface area contributed by atoms with Crippen molar-refractivity contribution >= 4 is 23.5 Å². The lowest BCUT2D eigenvalue weighted by molar-refractivity contribution is -0.149. The van der Waals surface area contributed by atoms with Gasteiger partial charge >= 0.3 is 6.09 Å². The predicted molar refractivity (Wildman–Crippen MR) is 69.4 cm³/mol. The van der Waals surface area contributed by atoms with Gasteiger partial charge in [-0.1, -0.05) is 23.7 Å². The Balaban J connectivity index is 2.31. The first-order valence-electron chi connectivity index (χ1n) is 5.82. The SMILES string of the molecule is COC1(c2ccc(Cl)cc2)CCN(C(=O)O)CC1=O. The molecule has 1 fully saturated rings. The number of halogens is 1. The number of piperidine rings is 1. The van der Waals surface area contributed by atoms with Crippen LogP contribution in [0.3, 0.4) is 0 Å². The number of benzene rings is 1. The number of Topliss-reactive ketones (excluding diaryl/α,β-unsaturated/α-hetero) is 1. The van der Waals surface area contributed by atoms with Crippen LogP contribution in [0, 0.1) is 0 Å². The van der Waals surface area contributed by atoms with E-state index >= 15 is 0 Å². The fourth-order valence-corrected chi connectivity index (χ4v) is 2.46. The third kappa shape index (κ3) is 2.43. The van der Waals surface area contributed by atoms with Crippen molar-refractivity contribution in [2.75, 3.05) is 20.2 Å². The minimum atomic E-state index is -1.09. The molecule has 1 aromatic rings. The van der Waals surface area contributed by atoms with Crippen molar-refractivity contribution in [1.29, 1.82) is 0 Å². The van der Waals surface area contributed by atoms with Crippen LogP contribution in [0.25, 0.3) is 0 Å². The maximum atomic E-state index is 12.3. The van der Waals surface area contributed by atoms with E-state index in [-0.39, 0.29) is 18.9 Å². The van der Waals surface area contributed by atoms with Crippen LogP contribution in [-0.4, -0.2) is 42.1 Å². The van der Waals surface area contributed by atoms with Crippen molar-refractivity contribution in [1.82, 2.24) is 4.90 Å². The second kappa shape index (κ2) is 5.19. The lowest BCUT2D eigenvalue weighted by Gasteiger charge is -2.38. The Morgan fingerprint density at radius 3 is 2.53 bits per heavy atom. The third-order valence-electron chi connectivity index (χ3n) is 3.45. The number of hydrogen-bond acceptors (Lipinski definition) is 3. The summed E-state index contributed by atoms with van der Waals surface area (Å²) in [5, 5.41) is 9.50. The molecule has 0 spiro atoms. The molecule has 1 aliphatic rings. The largest absolute Gasteiger partial charge is 0.465 e. The van der Waals surface area contributed by atoms with Crippen LogP contribution in [0.4, 0.5) is 4.79 Å². The number of ether oxygens (including phenoxy) is 1. The van der Waals surface area contributed by atoms with E-state index in [1.165, 1.54) is 7.11 Å². The van der Waals surface area contributed by atoms with Gasteiger partial charge in [-0.2, -0.15) is 0 Å². The molecule has 0 radical (unpaired) electrons. The zero-order valence-corrected chi connectivity index (χ0v) is 11.2. The highest BCUT2D eigenvalue weighted by Crippen LogP contribution is 2.34. The van der Waals surface area contributed by atoms with Crippen LogP contribution in [-0.2, 0) is 15.1 Å². The lowest BCUT2D eigenvalue weighted by Crippen LogP contribution is -2.53. The van der Waals surface area contributed by atoms with Gasteiger partial charge in [0.05, 0.1) is 6.54 Å². The van der Waals surface area contributed by atoms with Gasteiger partial charge in [0.15, 0.2) is 11.4 Å². The second-order valence-electron chi connectivity index (χ2n) is 4.42. The van der Waals surface area contributed by atoms with Crippen LogP contribution in [0.15, 0.2) is 24.3 Å². The van der Waals surface area contributed by atoms with Gasteiger partial charge < -0.3 is 14.7 Å². The number of carbonyl (C=O) groups excluding carboxylic acids is 1. The Morgan fingerprint density at radius 1 is 1.42 bits per heavy atom. The molecule has 0 aliphatic carbocycles. The Labute approximate surface area is 115 Å². The van der Waals surface area contributed by atoms with E-state index in [0.717, 1.165) is 4.90 Å². The van der Waals surface area contributed by atoms with E-state index in [1.54, 1.807) is 24.3 Å². The highest BCUT2D eigenvalue weighted by molar-refractivity contribution is 6.30. The van der Waals surface area contributed by atoms with Gasteiger partial charge in [-0.15, -0.1) is 0 Å². The molecule has 1 N–H and O–H groups in total. The summed E-state index contributed by atoms with van der Waals surface area (Å²) in [5.41, 5.74) is -0.370. The smallest absolute Gasteiger partial charge is 0.407 e. The number of nitrogens with zero attached hydrogens (tertiary/aromatic N) is 1. The number of carbonyl (C=O) groups is 2. The predicted octanol–water partition coefficient (Wildman–Crippen LogP) is 2.13. The highest BCUT2D eigenvalue weighted by atomic mass is 35.5. The molecular formula is C13H14ClNO4. The van der Waals surface area contributed by atoms with Gasteiger partial charge in [0.1, 0.15) is 0 Å². The summed E-state index contributed by atoms with van der Waals surface area (Å²) in [6, 6.07) is 6.85. The van der Waals surface area contributed by atoms with Gasteiger partial charge in [0.2, 0.25) is 0 Å².